The average Bonchev–Trinajstić information content (AvgIpc) is 2.22. The van der Waals surface area contributed by atoms with Crippen LogP contribution in [0.2, 0.25) is 0 Å². The summed E-state index contributed by atoms with van der Waals surface area (Å²) < 4.78 is 4.44. The number of hydrogen-bond acceptors (Lipinski definition) is 8. The summed E-state index contributed by atoms with van der Waals surface area (Å²) in [5.74, 6) is 0. The molecule has 9 heteroatoms. The Balaban J connectivity index is 4.06. The van der Waals surface area contributed by atoms with Gasteiger partial charge in [0, 0.05) is 0 Å². The minimum absolute atomic E-state index is 0.239. The van der Waals surface area contributed by atoms with Crippen LogP contribution in [0.15, 0.2) is 0 Å². The number of aldehydes is 1. The van der Waals surface area contributed by atoms with E-state index in [9.17, 15) is 20.1 Å². The molecule has 0 aromatic heterocycles. The van der Waals surface area contributed by atoms with E-state index in [0.717, 1.165) is 0 Å². The normalized spacial score (nSPS) is 21.5. The van der Waals surface area contributed by atoms with E-state index >= 15 is 0 Å². The molecule has 90 valence electrons. The van der Waals surface area contributed by atoms with Gasteiger partial charge in [-0.05, 0) is 0 Å². The summed E-state index contributed by atoms with van der Waals surface area (Å²) in [4.78, 5) is 18.7. The van der Waals surface area contributed by atoms with Crippen molar-refractivity contribution in [3.8, 4) is 0 Å². The Morgan fingerprint density at radius 3 is 2.27 bits per heavy atom. The van der Waals surface area contributed by atoms with Crippen molar-refractivity contribution in [1.82, 2.24) is 0 Å². The molecule has 0 saturated heterocycles. The van der Waals surface area contributed by atoms with Crippen molar-refractivity contribution in [3.63, 3.8) is 0 Å². The van der Waals surface area contributed by atoms with Gasteiger partial charge in [-0.3, -0.25) is 5.50 Å². The minimum atomic E-state index is -2.15. The van der Waals surface area contributed by atoms with Crippen molar-refractivity contribution >= 4 is 14.8 Å². The minimum Gasteiger partial charge on any atom is -0.388 e. The van der Waals surface area contributed by atoms with Crippen molar-refractivity contribution in [2.24, 2.45) is 11.2 Å². The van der Waals surface area contributed by atoms with Crippen LogP contribution in [0.4, 0.5) is 0 Å². The number of carbonyl (C=O) groups is 1. The van der Waals surface area contributed by atoms with Crippen molar-refractivity contribution in [2.45, 2.75) is 24.4 Å². The van der Waals surface area contributed by atoms with Crippen molar-refractivity contribution < 1.29 is 29.5 Å². The zero-order valence-corrected chi connectivity index (χ0v) is 8.70. The fourth-order valence-corrected chi connectivity index (χ4v) is 1.09. The first-order valence-electron chi connectivity index (χ1n) is 4.01. The molecular formula is C6H15N2O6P. The zero-order chi connectivity index (χ0) is 12.0. The lowest BCUT2D eigenvalue weighted by Crippen LogP contribution is -2.50. The van der Waals surface area contributed by atoms with Gasteiger partial charge < -0.3 is 35.3 Å². The Kier molecular flexibility index (Phi) is 7.07. The lowest BCUT2D eigenvalue weighted by molar-refractivity contribution is -0.117. The first-order valence-corrected chi connectivity index (χ1v) is 5.30. The summed E-state index contributed by atoms with van der Waals surface area (Å²) in [6.45, 7) is -0.470. The molecule has 0 aromatic carbocycles. The molecule has 0 rings (SSSR count). The molecule has 8 nitrogen and oxygen atoms in total. The highest BCUT2D eigenvalue weighted by atomic mass is 31.2. The van der Waals surface area contributed by atoms with E-state index in [4.69, 9.17) is 16.1 Å². The van der Waals surface area contributed by atoms with Gasteiger partial charge in [0.05, 0.1) is 12.6 Å². The molecule has 0 radical (unpaired) electrons. The molecule has 0 aliphatic heterocycles. The highest BCUT2D eigenvalue weighted by Crippen LogP contribution is 2.20. The molecule has 0 amide bonds. The maximum absolute atomic E-state index is 10.2. The molecule has 0 bridgehead atoms. The van der Waals surface area contributed by atoms with Gasteiger partial charge in [-0.1, -0.05) is 0 Å². The van der Waals surface area contributed by atoms with E-state index in [2.05, 4.69) is 4.52 Å². The molecule has 0 fully saturated rings. The van der Waals surface area contributed by atoms with Gasteiger partial charge in [-0.15, -0.1) is 0 Å². The molecular weight excluding hydrogens is 227 g/mol. The largest absolute Gasteiger partial charge is 0.388 e. The van der Waals surface area contributed by atoms with E-state index in [1.165, 1.54) is 0 Å². The van der Waals surface area contributed by atoms with Gasteiger partial charge >= 0.3 is 0 Å². The van der Waals surface area contributed by atoms with Crippen LogP contribution in [0.1, 0.15) is 0 Å². The second kappa shape index (κ2) is 7.15. The molecule has 0 heterocycles. The van der Waals surface area contributed by atoms with E-state index < -0.39 is 39.5 Å². The van der Waals surface area contributed by atoms with Crippen molar-refractivity contribution in [1.29, 1.82) is 0 Å². The third-order valence-corrected chi connectivity index (χ3v) is 2.09. The number of aliphatic hydroxyl groups excluding tert-OH is 3. The second-order valence-corrected chi connectivity index (χ2v) is 3.72. The average molecular weight is 242 g/mol. The Bertz CT molecular complexity index is 194. The van der Waals surface area contributed by atoms with E-state index in [1.54, 1.807) is 0 Å². The molecule has 0 aliphatic rings. The van der Waals surface area contributed by atoms with Crippen LogP contribution in [-0.4, -0.2) is 57.5 Å². The van der Waals surface area contributed by atoms with Crippen LogP contribution in [0.25, 0.3) is 0 Å². The van der Waals surface area contributed by atoms with Gasteiger partial charge in [0.15, 0.2) is 0 Å². The van der Waals surface area contributed by atoms with Gasteiger partial charge in [0.1, 0.15) is 24.6 Å². The van der Waals surface area contributed by atoms with Gasteiger partial charge in [-0.25, -0.2) is 0 Å². The molecule has 15 heavy (non-hydrogen) atoms. The number of aliphatic hydroxyl groups is 3. The molecule has 1 unspecified atom stereocenters. The van der Waals surface area contributed by atoms with Crippen LogP contribution in [0.3, 0.4) is 0 Å². The van der Waals surface area contributed by atoms with E-state index in [0.29, 0.717) is 0 Å². The second-order valence-electron chi connectivity index (χ2n) is 2.86. The lowest BCUT2D eigenvalue weighted by atomic mass is 10.0. The Labute approximate surface area is 87.4 Å². The predicted molar refractivity (Wildman–Crippen MR) is 51.3 cm³/mol. The molecule has 0 spiro atoms. The van der Waals surface area contributed by atoms with Crippen LogP contribution in [-0.2, 0) is 9.32 Å². The fraction of sp³-hybridized carbons (Fsp3) is 0.833. The maximum Gasteiger partial charge on any atom is 0.250 e. The topological polar surface area (TPSA) is 159 Å². The third-order valence-electron chi connectivity index (χ3n) is 1.67. The number of rotatable bonds is 7. The van der Waals surface area contributed by atoms with E-state index in [1.807, 2.05) is 0 Å². The quantitative estimate of drug-likeness (QED) is 0.201. The fourth-order valence-electron chi connectivity index (χ4n) is 0.787. The van der Waals surface area contributed by atoms with Crippen molar-refractivity contribution in [2.75, 3.05) is 6.61 Å². The summed E-state index contributed by atoms with van der Waals surface area (Å²) in [6, 6.07) is -1.30. The van der Waals surface area contributed by atoms with Crippen LogP contribution < -0.4 is 11.2 Å². The Morgan fingerprint density at radius 2 is 1.87 bits per heavy atom. The maximum atomic E-state index is 10.2. The summed E-state index contributed by atoms with van der Waals surface area (Å²) >= 11 is 0. The van der Waals surface area contributed by atoms with E-state index in [-0.39, 0.29) is 6.29 Å². The highest BCUT2D eigenvalue weighted by Gasteiger charge is 2.29. The molecule has 0 aromatic rings. The van der Waals surface area contributed by atoms with Crippen LogP contribution in [0, 0.1) is 0 Å². The molecule has 5 atom stereocenters. The van der Waals surface area contributed by atoms with Crippen LogP contribution in [0.5, 0.6) is 0 Å². The Morgan fingerprint density at radius 1 is 1.33 bits per heavy atom. The Hall–Kier alpha value is -0.180. The summed E-state index contributed by atoms with van der Waals surface area (Å²) in [5, 5.41) is 27.7. The highest BCUT2D eigenvalue weighted by molar-refractivity contribution is 7.43. The standard InChI is InChI=1S/C6H15N2O6P/c7-3(1-9)5(11)6(12)4(10)2-14-15(8)13/h1,3-6,10-13H,2,7-8H2/t3-,4+,5+,6-,15?/m0/s1. The number of carbonyl (C=O) groups excluding carboxylic acids is 1. The first-order chi connectivity index (χ1) is 6.90. The summed E-state index contributed by atoms with van der Waals surface area (Å²) in [6.07, 6.45) is -4.51. The summed E-state index contributed by atoms with van der Waals surface area (Å²) in [5.41, 5.74) is 9.98. The molecule has 0 saturated carbocycles. The smallest absolute Gasteiger partial charge is 0.250 e. The molecule has 0 aliphatic carbocycles. The van der Waals surface area contributed by atoms with Crippen molar-refractivity contribution in [3.05, 3.63) is 0 Å². The summed E-state index contributed by atoms with van der Waals surface area (Å²) in [7, 11) is -2.15. The van der Waals surface area contributed by atoms with Gasteiger partial charge in [0.2, 0.25) is 8.53 Å². The monoisotopic (exact) mass is 242 g/mol. The third kappa shape index (κ3) is 5.45. The first kappa shape index (κ1) is 14.8. The number of hydrogen-bond donors (Lipinski definition) is 6. The molecule has 8 N–H and O–H groups in total. The predicted octanol–water partition coefficient (Wildman–Crippen LogP) is -3.21. The van der Waals surface area contributed by atoms with Crippen LogP contribution >= 0.6 is 8.53 Å². The SMILES string of the molecule is N[C@@H](C=O)[C@@H](O)[C@@H](O)[C@H](O)COP(N)O. The number of nitrogens with two attached hydrogens (primary N) is 2. The zero-order valence-electron chi connectivity index (χ0n) is 7.80. The van der Waals surface area contributed by atoms with Gasteiger partial charge in [0.25, 0.3) is 0 Å². The van der Waals surface area contributed by atoms with Gasteiger partial charge in [-0.2, -0.15) is 0 Å². The lowest BCUT2D eigenvalue weighted by Gasteiger charge is -2.24.